The van der Waals surface area contributed by atoms with Crippen molar-refractivity contribution >= 4 is 28.6 Å². The number of benzene rings is 3. The molecule has 1 heterocycles. The lowest BCUT2D eigenvalue weighted by Gasteiger charge is -2.11. The number of anilines is 1. The maximum absolute atomic E-state index is 12.4. The minimum Gasteiger partial charge on any atom is -0.366 e. The summed E-state index contributed by atoms with van der Waals surface area (Å²) in [5.74, 6) is -0.557. The van der Waals surface area contributed by atoms with E-state index in [0.717, 1.165) is 27.9 Å². The van der Waals surface area contributed by atoms with Crippen LogP contribution >= 0.6 is 0 Å². The molecule has 0 unspecified atom stereocenters. The van der Waals surface area contributed by atoms with E-state index < -0.39 is 5.91 Å². The number of primary amides is 1. The van der Waals surface area contributed by atoms with Crippen molar-refractivity contribution in [1.82, 2.24) is 10.5 Å². The van der Waals surface area contributed by atoms with Gasteiger partial charge in [-0.25, -0.2) is 4.79 Å². The number of fused-ring (bicyclic) bond motifs is 1. The molecule has 0 aliphatic heterocycles. The molecule has 3 amide bonds. The van der Waals surface area contributed by atoms with E-state index in [9.17, 15) is 9.59 Å². The maximum Gasteiger partial charge on any atom is 0.319 e. The minimum atomic E-state index is -0.557. The number of nitrogens with one attached hydrogen (secondary N) is 2. The highest BCUT2D eigenvalue weighted by Gasteiger charge is 2.19. The van der Waals surface area contributed by atoms with E-state index in [0.29, 0.717) is 22.2 Å². The van der Waals surface area contributed by atoms with Gasteiger partial charge in [0.2, 0.25) is 5.91 Å². The fourth-order valence-corrected chi connectivity index (χ4v) is 3.68. The summed E-state index contributed by atoms with van der Waals surface area (Å²) in [4.78, 5) is 24.3. The number of rotatable bonds is 5. The molecule has 7 nitrogen and oxygen atoms in total. The average Bonchev–Trinajstić information content (AvgIpc) is 3.15. The second-order valence-corrected chi connectivity index (χ2v) is 7.42. The van der Waals surface area contributed by atoms with Crippen LogP contribution < -0.4 is 16.4 Å². The van der Waals surface area contributed by atoms with Crippen LogP contribution in [-0.2, 0) is 6.54 Å². The molecule has 0 fully saturated rings. The molecule has 156 valence electrons. The first kappa shape index (κ1) is 20.2. The summed E-state index contributed by atoms with van der Waals surface area (Å²) in [5.41, 5.74) is 11.3. The summed E-state index contributed by atoms with van der Waals surface area (Å²) < 4.78 is 5.42. The Morgan fingerprint density at radius 2 is 1.74 bits per heavy atom. The van der Waals surface area contributed by atoms with Gasteiger partial charge in [0.05, 0.1) is 10.9 Å². The van der Waals surface area contributed by atoms with Crippen LogP contribution in [0.5, 0.6) is 0 Å². The Morgan fingerprint density at radius 3 is 2.48 bits per heavy atom. The topological polar surface area (TPSA) is 110 Å². The highest BCUT2D eigenvalue weighted by molar-refractivity contribution is 6.10. The molecule has 31 heavy (non-hydrogen) atoms. The highest BCUT2D eigenvalue weighted by Crippen LogP contribution is 2.32. The maximum atomic E-state index is 12.4. The Bertz CT molecular complexity index is 1270. The standard InChI is InChI=1S/C24H22N4O3/c1-14-10-15(2)12-17(11-14)27-24(30)26-13-16-6-3-4-7-18(16)22-21-19(23(25)29)8-5-9-20(21)31-28-22/h3-12H,13H2,1-2H3,(H2,25,29)(H2,26,27,30). The lowest BCUT2D eigenvalue weighted by Crippen LogP contribution is -2.28. The summed E-state index contributed by atoms with van der Waals surface area (Å²) in [6.07, 6.45) is 0. The molecule has 0 aliphatic carbocycles. The molecule has 4 rings (SSSR count). The first-order valence-electron chi connectivity index (χ1n) is 9.82. The molecule has 0 radical (unpaired) electrons. The summed E-state index contributed by atoms with van der Waals surface area (Å²) in [6.45, 7) is 4.23. The second kappa shape index (κ2) is 8.31. The van der Waals surface area contributed by atoms with Gasteiger partial charge in [0.25, 0.3) is 0 Å². The van der Waals surface area contributed by atoms with Crippen LogP contribution in [0.3, 0.4) is 0 Å². The van der Waals surface area contributed by atoms with Gasteiger partial charge >= 0.3 is 6.03 Å². The van der Waals surface area contributed by atoms with Gasteiger partial charge in [-0.1, -0.05) is 41.6 Å². The number of carbonyl (C=O) groups is 2. The zero-order valence-corrected chi connectivity index (χ0v) is 17.2. The summed E-state index contributed by atoms with van der Waals surface area (Å²) in [7, 11) is 0. The third-order valence-corrected chi connectivity index (χ3v) is 4.96. The summed E-state index contributed by atoms with van der Waals surface area (Å²) in [6, 6.07) is 18.1. The Morgan fingerprint density at radius 1 is 1.00 bits per heavy atom. The monoisotopic (exact) mass is 414 g/mol. The first-order valence-corrected chi connectivity index (χ1v) is 9.82. The molecule has 1 aromatic heterocycles. The van der Waals surface area contributed by atoms with Crippen molar-refractivity contribution in [2.24, 2.45) is 5.73 Å². The third kappa shape index (κ3) is 4.25. The molecule has 0 bridgehead atoms. The fourth-order valence-electron chi connectivity index (χ4n) is 3.68. The van der Waals surface area contributed by atoms with Crippen molar-refractivity contribution < 1.29 is 14.1 Å². The van der Waals surface area contributed by atoms with E-state index in [2.05, 4.69) is 15.8 Å². The number of urea groups is 1. The van der Waals surface area contributed by atoms with Gasteiger partial charge in [-0.2, -0.15) is 0 Å². The van der Waals surface area contributed by atoms with Gasteiger partial charge in [-0.05, 0) is 54.8 Å². The van der Waals surface area contributed by atoms with E-state index in [1.807, 2.05) is 56.3 Å². The van der Waals surface area contributed by atoms with Crippen LogP contribution in [0.1, 0.15) is 27.0 Å². The number of nitrogens with two attached hydrogens (primary N) is 1. The SMILES string of the molecule is Cc1cc(C)cc(NC(=O)NCc2ccccc2-c2noc3cccc(C(N)=O)c23)c1. The van der Waals surface area contributed by atoms with Gasteiger partial charge in [0.1, 0.15) is 5.69 Å². The van der Waals surface area contributed by atoms with Gasteiger partial charge in [-0.3, -0.25) is 4.79 Å². The van der Waals surface area contributed by atoms with Gasteiger partial charge in [-0.15, -0.1) is 0 Å². The number of aryl methyl sites for hydroxylation is 2. The molecule has 0 aliphatic rings. The van der Waals surface area contributed by atoms with Crippen LogP contribution in [0.25, 0.3) is 22.2 Å². The smallest absolute Gasteiger partial charge is 0.319 e. The number of hydrogen-bond donors (Lipinski definition) is 3. The van der Waals surface area contributed by atoms with E-state index in [1.54, 1.807) is 18.2 Å². The van der Waals surface area contributed by atoms with Crippen LogP contribution in [0.2, 0.25) is 0 Å². The molecule has 0 saturated carbocycles. The van der Waals surface area contributed by atoms with Crippen molar-refractivity contribution in [2.75, 3.05) is 5.32 Å². The zero-order chi connectivity index (χ0) is 22.0. The summed E-state index contributed by atoms with van der Waals surface area (Å²) >= 11 is 0. The van der Waals surface area contributed by atoms with E-state index in [4.69, 9.17) is 10.3 Å². The van der Waals surface area contributed by atoms with Crippen LogP contribution in [0, 0.1) is 13.8 Å². The predicted octanol–water partition coefficient (Wildman–Crippen LogP) is 4.53. The number of nitrogens with zero attached hydrogens (tertiary/aromatic N) is 1. The van der Waals surface area contributed by atoms with Crippen molar-refractivity contribution in [1.29, 1.82) is 0 Å². The number of carbonyl (C=O) groups excluding carboxylic acids is 2. The second-order valence-electron chi connectivity index (χ2n) is 7.42. The van der Waals surface area contributed by atoms with Crippen LogP contribution in [0.4, 0.5) is 10.5 Å². The first-order chi connectivity index (χ1) is 14.9. The van der Waals surface area contributed by atoms with Gasteiger partial charge in [0.15, 0.2) is 5.58 Å². The Balaban J connectivity index is 1.59. The van der Waals surface area contributed by atoms with Gasteiger partial charge < -0.3 is 20.9 Å². The molecule has 4 aromatic rings. The van der Waals surface area contributed by atoms with Crippen molar-refractivity contribution in [3.8, 4) is 11.3 Å². The normalized spacial score (nSPS) is 10.8. The Kier molecular flexibility index (Phi) is 5.41. The molecule has 0 spiro atoms. The van der Waals surface area contributed by atoms with Gasteiger partial charge in [0, 0.05) is 17.8 Å². The molecule has 0 atom stereocenters. The molecule has 3 aromatic carbocycles. The lowest BCUT2D eigenvalue weighted by atomic mass is 9.99. The predicted molar refractivity (Wildman–Crippen MR) is 120 cm³/mol. The molecular formula is C24H22N4O3. The molecular weight excluding hydrogens is 392 g/mol. The quantitative estimate of drug-likeness (QED) is 0.445. The minimum absolute atomic E-state index is 0.264. The fraction of sp³-hybridized carbons (Fsp3) is 0.125. The van der Waals surface area contributed by atoms with E-state index in [-0.39, 0.29) is 12.6 Å². The number of amides is 3. The summed E-state index contributed by atoms with van der Waals surface area (Å²) in [5, 5.41) is 10.5. The van der Waals surface area contributed by atoms with Crippen LogP contribution in [0.15, 0.2) is 65.2 Å². The van der Waals surface area contributed by atoms with E-state index in [1.165, 1.54) is 0 Å². The van der Waals surface area contributed by atoms with E-state index >= 15 is 0 Å². The molecule has 4 N–H and O–H groups in total. The number of aromatic nitrogens is 1. The van der Waals surface area contributed by atoms with Crippen LogP contribution in [-0.4, -0.2) is 17.1 Å². The highest BCUT2D eigenvalue weighted by atomic mass is 16.5. The average molecular weight is 414 g/mol. The zero-order valence-electron chi connectivity index (χ0n) is 17.2. The Hall–Kier alpha value is -4.13. The molecule has 7 heteroatoms. The Labute approximate surface area is 179 Å². The van der Waals surface area contributed by atoms with Crippen molar-refractivity contribution in [2.45, 2.75) is 20.4 Å². The lowest BCUT2D eigenvalue weighted by molar-refractivity contribution is 0.100. The van der Waals surface area contributed by atoms with Crippen molar-refractivity contribution in [3.63, 3.8) is 0 Å². The largest absolute Gasteiger partial charge is 0.366 e. The molecule has 0 saturated heterocycles. The third-order valence-electron chi connectivity index (χ3n) is 4.96. The number of hydrogen-bond acceptors (Lipinski definition) is 4. The van der Waals surface area contributed by atoms with Crippen molar-refractivity contribution in [3.05, 3.63) is 82.9 Å².